The molecule has 112 valence electrons. The molecule has 1 aliphatic rings. The Bertz CT molecular complexity index is 650. The minimum atomic E-state index is -0.116. The fourth-order valence-corrected chi connectivity index (χ4v) is 3.17. The predicted octanol–water partition coefficient (Wildman–Crippen LogP) is 2.13. The molecule has 1 fully saturated rings. The summed E-state index contributed by atoms with van der Waals surface area (Å²) in [6, 6.07) is 7.79. The summed E-state index contributed by atoms with van der Waals surface area (Å²) in [6.45, 7) is 3.33. The van der Waals surface area contributed by atoms with Crippen LogP contribution in [-0.4, -0.2) is 32.0 Å². The van der Waals surface area contributed by atoms with Crippen molar-refractivity contribution in [2.75, 3.05) is 6.54 Å². The molecule has 0 spiro atoms. The van der Waals surface area contributed by atoms with Crippen LogP contribution >= 0.6 is 0 Å². The number of benzene rings is 1. The Hall–Kier alpha value is -1.88. The Labute approximate surface area is 124 Å². The van der Waals surface area contributed by atoms with Crippen molar-refractivity contribution in [2.24, 2.45) is 5.92 Å². The molecule has 3 rings (SSSR count). The van der Waals surface area contributed by atoms with Crippen molar-refractivity contribution >= 4 is 16.9 Å². The second-order valence-electron chi connectivity index (χ2n) is 5.72. The van der Waals surface area contributed by atoms with Crippen LogP contribution in [0.1, 0.15) is 32.0 Å². The zero-order chi connectivity index (χ0) is 14.8. The number of nitrogens with zero attached hydrogens (tertiary/aromatic N) is 3. The van der Waals surface area contributed by atoms with Crippen molar-refractivity contribution in [3.63, 3.8) is 0 Å². The monoisotopic (exact) mass is 287 g/mol. The first-order chi connectivity index (χ1) is 10.2. The van der Waals surface area contributed by atoms with E-state index in [0.717, 1.165) is 30.4 Å². The van der Waals surface area contributed by atoms with E-state index in [1.54, 1.807) is 0 Å². The Balaban J connectivity index is 1.86. The molecule has 1 unspecified atom stereocenters. The zero-order valence-corrected chi connectivity index (χ0v) is 12.3. The molecule has 21 heavy (non-hydrogen) atoms. The van der Waals surface area contributed by atoms with E-state index < -0.39 is 0 Å². The largest absolute Gasteiger partial charge is 0.388 e. The standard InChI is InChI=1S/C16H21N3O2/c1-2-5-12-8-16(21)18(9-12)11-19-14-7-4-3-6-13(14)17-15(19)10-20/h3-4,6-7,12,20H,2,5,8-11H2,1H3. The number of imidazole rings is 1. The highest BCUT2D eigenvalue weighted by atomic mass is 16.3. The summed E-state index contributed by atoms with van der Waals surface area (Å²) < 4.78 is 1.95. The number of amides is 1. The third kappa shape index (κ3) is 2.65. The number of hydrogen-bond donors (Lipinski definition) is 1. The van der Waals surface area contributed by atoms with E-state index in [1.165, 1.54) is 0 Å². The molecule has 1 N–H and O–H groups in total. The van der Waals surface area contributed by atoms with E-state index in [-0.39, 0.29) is 12.5 Å². The molecule has 5 heteroatoms. The molecular weight excluding hydrogens is 266 g/mol. The van der Waals surface area contributed by atoms with Gasteiger partial charge in [0, 0.05) is 13.0 Å². The lowest BCUT2D eigenvalue weighted by Crippen LogP contribution is -2.28. The number of aliphatic hydroxyl groups excluding tert-OH is 1. The number of carbonyl (C=O) groups is 1. The normalized spacial score (nSPS) is 18.9. The van der Waals surface area contributed by atoms with Crippen molar-refractivity contribution in [1.82, 2.24) is 14.5 Å². The predicted molar refractivity (Wildman–Crippen MR) is 80.4 cm³/mol. The molecular formula is C16H21N3O2. The van der Waals surface area contributed by atoms with Crippen LogP contribution in [0.15, 0.2) is 24.3 Å². The number of rotatable bonds is 5. The highest BCUT2D eigenvalue weighted by Gasteiger charge is 2.29. The van der Waals surface area contributed by atoms with Gasteiger partial charge < -0.3 is 14.6 Å². The third-order valence-electron chi connectivity index (χ3n) is 4.18. The molecule has 5 nitrogen and oxygen atoms in total. The quantitative estimate of drug-likeness (QED) is 0.916. The third-order valence-corrected chi connectivity index (χ3v) is 4.18. The summed E-state index contributed by atoms with van der Waals surface area (Å²) in [7, 11) is 0. The van der Waals surface area contributed by atoms with Crippen LogP contribution in [0.25, 0.3) is 11.0 Å². The van der Waals surface area contributed by atoms with Gasteiger partial charge in [0.1, 0.15) is 12.4 Å². The Morgan fingerprint density at radius 1 is 1.38 bits per heavy atom. The highest BCUT2D eigenvalue weighted by molar-refractivity contribution is 5.79. The van der Waals surface area contributed by atoms with Crippen molar-refractivity contribution in [3.8, 4) is 0 Å². The van der Waals surface area contributed by atoms with E-state index >= 15 is 0 Å². The van der Waals surface area contributed by atoms with E-state index in [9.17, 15) is 9.90 Å². The minimum Gasteiger partial charge on any atom is -0.388 e. The van der Waals surface area contributed by atoms with Crippen molar-refractivity contribution < 1.29 is 9.90 Å². The molecule has 1 atom stereocenters. The topological polar surface area (TPSA) is 58.4 Å². The first kappa shape index (κ1) is 14.1. The van der Waals surface area contributed by atoms with E-state index in [4.69, 9.17) is 0 Å². The van der Waals surface area contributed by atoms with Gasteiger partial charge in [-0.15, -0.1) is 0 Å². The SMILES string of the molecule is CCCC1CC(=O)N(Cn2c(CO)nc3ccccc32)C1. The molecule has 1 saturated heterocycles. The van der Waals surface area contributed by atoms with Gasteiger partial charge in [0.25, 0.3) is 0 Å². The lowest BCUT2D eigenvalue weighted by Gasteiger charge is -2.19. The molecule has 2 aromatic rings. The molecule has 0 bridgehead atoms. The van der Waals surface area contributed by atoms with Gasteiger partial charge in [0.2, 0.25) is 5.91 Å². The van der Waals surface area contributed by atoms with Gasteiger partial charge in [-0.3, -0.25) is 4.79 Å². The maximum absolute atomic E-state index is 12.2. The van der Waals surface area contributed by atoms with Crippen LogP contribution in [0.4, 0.5) is 0 Å². The lowest BCUT2D eigenvalue weighted by molar-refractivity contribution is -0.129. The summed E-state index contributed by atoms with van der Waals surface area (Å²) in [4.78, 5) is 18.5. The van der Waals surface area contributed by atoms with E-state index in [2.05, 4.69) is 11.9 Å². The van der Waals surface area contributed by atoms with Gasteiger partial charge in [-0.1, -0.05) is 25.5 Å². The Morgan fingerprint density at radius 2 is 2.19 bits per heavy atom. The molecule has 0 aliphatic carbocycles. The van der Waals surface area contributed by atoms with Crippen LogP contribution in [0, 0.1) is 5.92 Å². The number of hydrogen-bond acceptors (Lipinski definition) is 3. The second kappa shape index (κ2) is 5.85. The fraction of sp³-hybridized carbons (Fsp3) is 0.500. The number of carbonyl (C=O) groups excluding carboxylic acids is 1. The number of para-hydroxylation sites is 2. The number of aliphatic hydroxyl groups is 1. The summed E-state index contributed by atoms with van der Waals surface area (Å²) in [5.74, 6) is 1.29. The molecule has 2 heterocycles. The highest BCUT2D eigenvalue weighted by Crippen LogP contribution is 2.24. The average Bonchev–Trinajstić information content (AvgIpc) is 3.01. The smallest absolute Gasteiger partial charge is 0.224 e. The van der Waals surface area contributed by atoms with Gasteiger partial charge >= 0.3 is 0 Å². The summed E-state index contributed by atoms with van der Waals surface area (Å²) >= 11 is 0. The summed E-state index contributed by atoms with van der Waals surface area (Å²) in [6.07, 6.45) is 2.86. The van der Waals surface area contributed by atoms with Crippen molar-refractivity contribution in [1.29, 1.82) is 0 Å². The van der Waals surface area contributed by atoms with Crippen molar-refractivity contribution in [2.45, 2.75) is 39.5 Å². The number of aromatic nitrogens is 2. The first-order valence-electron chi connectivity index (χ1n) is 7.55. The van der Waals surface area contributed by atoms with E-state index in [1.807, 2.05) is 33.7 Å². The van der Waals surface area contributed by atoms with Gasteiger partial charge in [-0.25, -0.2) is 4.98 Å². The Kier molecular flexibility index (Phi) is 3.92. The second-order valence-corrected chi connectivity index (χ2v) is 5.72. The van der Waals surface area contributed by atoms with Crippen LogP contribution in [0.5, 0.6) is 0 Å². The van der Waals surface area contributed by atoms with Crippen LogP contribution < -0.4 is 0 Å². The fourth-order valence-electron chi connectivity index (χ4n) is 3.17. The van der Waals surface area contributed by atoms with E-state index in [0.29, 0.717) is 24.8 Å². The zero-order valence-electron chi connectivity index (χ0n) is 12.3. The summed E-state index contributed by atoms with van der Waals surface area (Å²) in [5.41, 5.74) is 1.83. The molecule has 1 amide bonds. The molecule has 1 aliphatic heterocycles. The Morgan fingerprint density at radius 3 is 2.95 bits per heavy atom. The molecule has 1 aromatic heterocycles. The number of likely N-dealkylation sites (tertiary alicyclic amines) is 1. The lowest BCUT2D eigenvalue weighted by atomic mass is 10.0. The molecule has 0 radical (unpaired) electrons. The van der Waals surface area contributed by atoms with Gasteiger partial charge in [-0.05, 0) is 24.5 Å². The summed E-state index contributed by atoms with van der Waals surface area (Å²) in [5, 5.41) is 9.51. The van der Waals surface area contributed by atoms with Gasteiger partial charge in [0.15, 0.2) is 0 Å². The first-order valence-corrected chi connectivity index (χ1v) is 7.55. The minimum absolute atomic E-state index is 0.116. The van der Waals surface area contributed by atoms with Crippen molar-refractivity contribution in [3.05, 3.63) is 30.1 Å². The van der Waals surface area contributed by atoms with Crippen LogP contribution in [-0.2, 0) is 18.1 Å². The van der Waals surface area contributed by atoms with Crippen LogP contribution in [0.2, 0.25) is 0 Å². The number of fused-ring (bicyclic) bond motifs is 1. The maximum atomic E-state index is 12.2. The molecule has 1 aromatic carbocycles. The van der Waals surface area contributed by atoms with Gasteiger partial charge in [-0.2, -0.15) is 0 Å². The average molecular weight is 287 g/mol. The maximum Gasteiger partial charge on any atom is 0.224 e. The van der Waals surface area contributed by atoms with Gasteiger partial charge in [0.05, 0.1) is 17.7 Å². The molecule has 0 saturated carbocycles. The van der Waals surface area contributed by atoms with Crippen LogP contribution in [0.3, 0.4) is 0 Å².